The van der Waals surface area contributed by atoms with Gasteiger partial charge in [0.15, 0.2) is 5.96 Å². The molecule has 1 rings (SSSR count). The van der Waals surface area contributed by atoms with E-state index in [-0.39, 0.29) is 30.0 Å². The summed E-state index contributed by atoms with van der Waals surface area (Å²) in [6, 6.07) is 0.0944. The van der Waals surface area contributed by atoms with Crippen LogP contribution in [0.25, 0.3) is 0 Å². The zero-order chi connectivity index (χ0) is 21.0. The van der Waals surface area contributed by atoms with Crippen molar-refractivity contribution in [2.45, 2.75) is 71.4 Å². The molecule has 168 valence electrons. The van der Waals surface area contributed by atoms with Gasteiger partial charge in [-0.05, 0) is 45.6 Å². The van der Waals surface area contributed by atoms with Gasteiger partial charge in [0.05, 0.1) is 6.20 Å². The van der Waals surface area contributed by atoms with Crippen molar-refractivity contribution >= 4 is 36.0 Å². The number of carbonyl (C=O) groups excluding carboxylic acids is 1. The third-order valence-corrected chi connectivity index (χ3v) is 4.06. The van der Waals surface area contributed by atoms with Crippen LogP contribution >= 0.6 is 24.0 Å². The molecule has 1 heterocycles. The molecule has 0 aliphatic rings. The molecule has 29 heavy (non-hydrogen) atoms. The Balaban J connectivity index is 0.00000784. The van der Waals surface area contributed by atoms with Crippen molar-refractivity contribution in [3.8, 4) is 0 Å². The van der Waals surface area contributed by atoms with Crippen LogP contribution in [0.2, 0.25) is 0 Å². The Labute approximate surface area is 192 Å². The molecular weight excluding hydrogens is 483 g/mol. The summed E-state index contributed by atoms with van der Waals surface area (Å²) in [7, 11) is 3.68. The zero-order valence-electron chi connectivity index (χ0n) is 18.7. The Morgan fingerprint density at radius 2 is 2.03 bits per heavy atom. The molecule has 0 aromatic carbocycles. The molecule has 1 amide bonds. The van der Waals surface area contributed by atoms with Crippen molar-refractivity contribution in [2.75, 3.05) is 20.1 Å². The number of amides is 1. The highest BCUT2D eigenvalue weighted by Crippen LogP contribution is 2.07. The van der Waals surface area contributed by atoms with Crippen LogP contribution in [0, 0.1) is 0 Å². The topological polar surface area (TPSA) is 92.6 Å². The van der Waals surface area contributed by atoms with Crippen molar-refractivity contribution < 1.29 is 9.53 Å². The summed E-state index contributed by atoms with van der Waals surface area (Å²) in [5.41, 5.74) is 0.733. The molecule has 1 atom stereocenters. The molecule has 9 heteroatoms. The number of carbonyl (C=O) groups is 1. The minimum Gasteiger partial charge on any atom is -0.444 e. The number of rotatable bonds is 10. The van der Waals surface area contributed by atoms with Gasteiger partial charge < -0.3 is 20.7 Å². The number of hydrogen-bond acceptors (Lipinski definition) is 4. The van der Waals surface area contributed by atoms with E-state index in [1.165, 1.54) is 5.56 Å². The number of aliphatic imine (C=N–C) groups is 1. The lowest BCUT2D eigenvalue weighted by Gasteiger charge is -2.24. The third kappa shape index (κ3) is 13.3. The number of hydrogen-bond donors (Lipinski definition) is 3. The summed E-state index contributed by atoms with van der Waals surface area (Å²) in [5, 5.41) is 13.8. The molecule has 1 unspecified atom stereocenters. The molecule has 0 aliphatic carbocycles. The van der Waals surface area contributed by atoms with Crippen LogP contribution in [0.5, 0.6) is 0 Å². The molecule has 1 aromatic rings. The molecule has 0 fully saturated rings. The van der Waals surface area contributed by atoms with Gasteiger partial charge in [-0.2, -0.15) is 5.10 Å². The Morgan fingerprint density at radius 1 is 1.31 bits per heavy atom. The molecule has 0 bridgehead atoms. The first-order valence-electron chi connectivity index (χ1n) is 10.1. The number of unbranched alkanes of at least 4 members (excludes halogenated alkanes) is 1. The van der Waals surface area contributed by atoms with Gasteiger partial charge in [0.2, 0.25) is 0 Å². The molecule has 3 N–H and O–H groups in total. The average molecular weight is 522 g/mol. The number of nitrogens with zero attached hydrogens (tertiary/aromatic N) is 3. The van der Waals surface area contributed by atoms with Crippen molar-refractivity contribution in [1.29, 1.82) is 0 Å². The van der Waals surface area contributed by atoms with Gasteiger partial charge in [-0.25, -0.2) is 4.79 Å². The molecule has 0 aliphatic heterocycles. The van der Waals surface area contributed by atoms with E-state index in [2.05, 4.69) is 33.0 Å². The molecular formula is C20H39IN6O2. The van der Waals surface area contributed by atoms with Gasteiger partial charge in [-0.15, -0.1) is 24.0 Å². The Bertz CT molecular complexity index is 612. The summed E-state index contributed by atoms with van der Waals surface area (Å²) < 4.78 is 7.14. The minimum atomic E-state index is -0.498. The van der Waals surface area contributed by atoms with Gasteiger partial charge >= 0.3 is 6.09 Å². The average Bonchev–Trinajstić information content (AvgIpc) is 3.03. The van der Waals surface area contributed by atoms with E-state index < -0.39 is 11.7 Å². The Hall–Kier alpha value is -1.52. The summed E-state index contributed by atoms with van der Waals surface area (Å²) in [6.45, 7) is 9.04. The fourth-order valence-electron chi connectivity index (χ4n) is 2.68. The van der Waals surface area contributed by atoms with E-state index in [4.69, 9.17) is 4.74 Å². The maximum Gasteiger partial charge on any atom is 0.407 e. The standard InChI is InChI=1S/C20H38N6O2.HI/c1-7-8-11-17(14-23-19(27)28-20(2,3)4)25-18(21-5)22-12-9-10-16-13-24-26(6)15-16;/h13,15,17H,7-12,14H2,1-6H3,(H,23,27)(H2,21,22,25);1H. The van der Waals surface area contributed by atoms with Crippen LogP contribution in [-0.4, -0.2) is 53.6 Å². The number of aromatic nitrogens is 2. The van der Waals surface area contributed by atoms with E-state index in [1.807, 2.05) is 44.9 Å². The van der Waals surface area contributed by atoms with Crippen LogP contribution in [0.4, 0.5) is 4.79 Å². The van der Waals surface area contributed by atoms with Crippen LogP contribution in [0.15, 0.2) is 17.4 Å². The van der Waals surface area contributed by atoms with Crippen molar-refractivity contribution in [2.24, 2.45) is 12.0 Å². The predicted molar refractivity (Wildman–Crippen MR) is 129 cm³/mol. The van der Waals surface area contributed by atoms with E-state index in [0.29, 0.717) is 6.54 Å². The quantitative estimate of drug-likeness (QED) is 0.190. The van der Waals surface area contributed by atoms with Crippen LogP contribution in [0.1, 0.15) is 58.9 Å². The number of alkyl carbamates (subject to hydrolysis) is 1. The highest BCUT2D eigenvalue weighted by Gasteiger charge is 2.18. The first kappa shape index (κ1) is 27.5. The van der Waals surface area contributed by atoms with Crippen molar-refractivity contribution in [1.82, 2.24) is 25.7 Å². The highest BCUT2D eigenvalue weighted by atomic mass is 127. The molecule has 0 saturated carbocycles. The number of ether oxygens (including phenoxy) is 1. The second kappa shape index (κ2) is 14.5. The molecule has 0 saturated heterocycles. The first-order chi connectivity index (χ1) is 13.2. The maximum atomic E-state index is 11.9. The van der Waals surface area contributed by atoms with E-state index in [9.17, 15) is 4.79 Å². The highest BCUT2D eigenvalue weighted by molar-refractivity contribution is 14.0. The normalized spacial score (nSPS) is 12.7. The number of guanidine groups is 1. The zero-order valence-corrected chi connectivity index (χ0v) is 21.1. The first-order valence-corrected chi connectivity index (χ1v) is 10.1. The SMILES string of the molecule is CCCCC(CNC(=O)OC(C)(C)C)NC(=NC)NCCCc1cnn(C)c1.I. The fraction of sp³-hybridized carbons (Fsp3) is 0.750. The molecule has 1 aromatic heterocycles. The third-order valence-electron chi connectivity index (χ3n) is 4.06. The molecule has 8 nitrogen and oxygen atoms in total. The summed E-state index contributed by atoms with van der Waals surface area (Å²) in [4.78, 5) is 16.2. The van der Waals surface area contributed by atoms with Crippen molar-refractivity contribution in [3.05, 3.63) is 18.0 Å². The number of aryl methyl sites for hydroxylation is 2. The van der Waals surface area contributed by atoms with Gasteiger partial charge in [0.25, 0.3) is 0 Å². The van der Waals surface area contributed by atoms with Crippen LogP contribution < -0.4 is 16.0 Å². The summed E-state index contributed by atoms with van der Waals surface area (Å²) in [6.07, 6.45) is 8.62. The van der Waals surface area contributed by atoms with E-state index >= 15 is 0 Å². The molecule has 0 spiro atoms. The maximum absolute atomic E-state index is 11.9. The lowest BCUT2D eigenvalue weighted by atomic mass is 10.1. The monoisotopic (exact) mass is 522 g/mol. The van der Waals surface area contributed by atoms with E-state index in [1.54, 1.807) is 7.05 Å². The number of halogens is 1. The lowest BCUT2D eigenvalue weighted by molar-refractivity contribution is 0.0523. The second-order valence-electron chi connectivity index (χ2n) is 7.99. The summed E-state index contributed by atoms with van der Waals surface area (Å²) in [5.74, 6) is 0.748. The lowest BCUT2D eigenvalue weighted by Crippen LogP contribution is -2.49. The van der Waals surface area contributed by atoms with Gasteiger partial charge in [-0.1, -0.05) is 19.8 Å². The van der Waals surface area contributed by atoms with Gasteiger partial charge in [0.1, 0.15) is 5.60 Å². The second-order valence-corrected chi connectivity index (χ2v) is 7.99. The fourth-order valence-corrected chi connectivity index (χ4v) is 2.68. The van der Waals surface area contributed by atoms with Crippen LogP contribution in [0.3, 0.4) is 0 Å². The van der Waals surface area contributed by atoms with Gasteiger partial charge in [0, 0.05) is 39.4 Å². The summed E-state index contributed by atoms with van der Waals surface area (Å²) >= 11 is 0. The predicted octanol–water partition coefficient (Wildman–Crippen LogP) is 3.22. The Kier molecular flexibility index (Phi) is 13.7. The van der Waals surface area contributed by atoms with Crippen molar-refractivity contribution in [3.63, 3.8) is 0 Å². The number of nitrogens with one attached hydrogen (secondary N) is 3. The minimum absolute atomic E-state index is 0. The Morgan fingerprint density at radius 3 is 2.59 bits per heavy atom. The van der Waals surface area contributed by atoms with Crippen LogP contribution in [-0.2, 0) is 18.2 Å². The van der Waals surface area contributed by atoms with E-state index in [0.717, 1.165) is 44.6 Å². The van der Waals surface area contributed by atoms with Gasteiger partial charge in [-0.3, -0.25) is 9.67 Å². The molecule has 0 radical (unpaired) electrons. The largest absolute Gasteiger partial charge is 0.444 e. The smallest absolute Gasteiger partial charge is 0.407 e.